The van der Waals surface area contributed by atoms with Gasteiger partial charge >= 0.3 is 0 Å². The number of nitrogens with one attached hydrogen (secondary N) is 1. The first-order valence-electron chi connectivity index (χ1n) is 4.38. The molecule has 0 aliphatic carbocycles. The highest BCUT2D eigenvalue weighted by molar-refractivity contribution is 5.62. The molecule has 2 N–H and O–H groups in total. The Bertz CT molecular complexity index is 312. The van der Waals surface area contributed by atoms with Crippen molar-refractivity contribution in [1.29, 1.82) is 0 Å². The number of aliphatic hydroxyl groups excluding tert-OH is 1. The quantitative estimate of drug-likeness (QED) is 0.712. The Morgan fingerprint density at radius 3 is 3.15 bits per heavy atom. The van der Waals surface area contributed by atoms with Crippen LogP contribution in [0.3, 0.4) is 0 Å². The van der Waals surface area contributed by atoms with E-state index >= 15 is 0 Å². The van der Waals surface area contributed by atoms with Crippen molar-refractivity contribution in [3.05, 3.63) is 23.8 Å². The van der Waals surface area contributed by atoms with Crippen molar-refractivity contribution in [3.8, 4) is 5.75 Å². The average molecular weight is 179 g/mol. The van der Waals surface area contributed by atoms with Gasteiger partial charge in [-0.25, -0.2) is 0 Å². The van der Waals surface area contributed by atoms with Crippen LogP contribution >= 0.6 is 0 Å². The lowest BCUT2D eigenvalue weighted by Crippen LogP contribution is -2.19. The zero-order valence-corrected chi connectivity index (χ0v) is 7.58. The van der Waals surface area contributed by atoms with E-state index in [0.717, 1.165) is 17.9 Å². The van der Waals surface area contributed by atoms with Crippen LogP contribution in [0.4, 0.5) is 5.69 Å². The minimum atomic E-state index is 0.145. The number of hydrogen-bond acceptors (Lipinski definition) is 3. The van der Waals surface area contributed by atoms with Crippen molar-refractivity contribution in [2.45, 2.75) is 12.5 Å². The van der Waals surface area contributed by atoms with Crippen LogP contribution in [0.25, 0.3) is 0 Å². The van der Waals surface area contributed by atoms with E-state index in [1.165, 1.54) is 5.56 Å². The van der Waals surface area contributed by atoms with E-state index in [2.05, 4.69) is 5.32 Å². The summed E-state index contributed by atoms with van der Waals surface area (Å²) in [6.45, 7) is 0.165. The second-order valence-electron chi connectivity index (χ2n) is 3.21. The fourth-order valence-corrected chi connectivity index (χ4v) is 1.73. The highest BCUT2D eigenvalue weighted by atomic mass is 16.5. The molecule has 0 radical (unpaired) electrons. The average Bonchev–Trinajstić information content (AvgIpc) is 2.59. The zero-order chi connectivity index (χ0) is 9.26. The Hall–Kier alpha value is -1.22. The molecule has 3 nitrogen and oxygen atoms in total. The van der Waals surface area contributed by atoms with Gasteiger partial charge in [-0.05, 0) is 12.1 Å². The highest BCUT2D eigenvalue weighted by Crippen LogP contribution is 2.32. The summed E-state index contributed by atoms with van der Waals surface area (Å²) >= 11 is 0. The maximum atomic E-state index is 9.00. The number of rotatable bonds is 2. The molecule has 1 aromatic carbocycles. The third-order valence-electron chi connectivity index (χ3n) is 2.38. The minimum Gasteiger partial charge on any atom is -0.496 e. The molecule has 0 bridgehead atoms. The molecule has 1 heterocycles. The SMILES string of the molecule is COc1cccc2c1CC(CO)N2. The molecule has 1 aliphatic rings. The Kier molecular flexibility index (Phi) is 2.10. The van der Waals surface area contributed by atoms with Crippen LogP contribution in [0.5, 0.6) is 5.75 Å². The van der Waals surface area contributed by atoms with Gasteiger partial charge in [0.05, 0.1) is 19.8 Å². The maximum absolute atomic E-state index is 9.00. The van der Waals surface area contributed by atoms with Crippen molar-refractivity contribution in [2.75, 3.05) is 19.0 Å². The van der Waals surface area contributed by atoms with E-state index in [9.17, 15) is 0 Å². The molecule has 1 aromatic rings. The molecular formula is C10H13NO2. The van der Waals surface area contributed by atoms with Crippen LogP contribution in [0, 0.1) is 0 Å². The molecule has 1 unspecified atom stereocenters. The molecule has 0 aromatic heterocycles. The van der Waals surface area contributed by atoms with Gasteiger partial charge in [0, 0.05) is 17.7 Å². The smallest absolute Gasteiger partial charge is 0.124 e. The zero-order valence-electron chi connectivity index (χ0n) is 7.58. The van der Waals surface area contributed by atoms with Crippen molar-refractivity contribution >= 4 is 5.69 Å². The summed E-state index contributed by atoms with van der Waals surface area (Å²) in [5.41, 5.74) is 2.25. The largest absolute Gasteiger partial charge is 0.496 e. The van der Waals surface area contributed by atoms with Gasteiger partial charge in [-0.1, -0.05) is 6.07 Å². The summed E-state index contributed by atoms with van der Waals surface area (Å²) in [5, 5.41) is 12.2. The summed E-state index contributed by atoms with van der Waals surface area (Å²) in [4.78, 5) is 0. The molecule has 70 valence electrons. The monoisotopic (exact) mass is 179 g/mol. The van der Waals surface area contributed by atoms with Crippen LogP contribution in [0.15, 0.2) is 18.2 Å². The van der Waals surface area contributed by atoms with E-state index < -0.39 is 0 Å². The van der Waals surface area contributed by atoms with Gasteiger partial charge in [-0.3, -0.25) is 0 Å². The fourth-order valence-electron chi connectivity index (χ4n) is 1.73. The van der Waals surface area contributed by atoms with Gasteiger partial charge in [-0.2, -0.15) is 0 Å². The number of anilines is 1. The highest BCUT2D eigenvalue weighted by Gasteiger charge is 2.22. The predicted molar refractivity (Wildman–Crippen MR) is 51.2 cm³/mol. The number of fused-ring (bicyclic) bond motifs is 1. The first-order chi connectivity index (χ1) is 6.35. The lowest BCUT2D eigenvalue weighted by Gasteiger charge is -2.05. The summed E-state index contributed by atoms with van der Waals surface area (Å²) < 4.78 is 5.23. The maximum Gasteiger partial charge on any atom is 0.124 e. The van der Waals surface area contributed by atoms with Crippen molar-refractivity contribution in [2.24, 2.45) is 0 Å². The van der Waals surface area contributed by atoms with Gasteiger partial charge in [0.2, 0.25) is 0 Å². The van der Waals surface area contributed by atoms with Crippen LogP contribution in [0.1, 0.15) is 5.56 Å². The standard InChI is InChI=1S/C10H13NO2/c1-13-10-4-2-3-9-8(10)5-7(6-12)11-9/h2-4,7,11-12H,5-6H2,1H3. The summed E-state index contributed by atoms with van der Waals surface area (Å²) in [5.74, 6) is 0.904. The van der Waals surface area contributed by atoms with Gasteiger partial charge in [-0.15, -0.1) is 0 Å². The minimum absolute atomic E-state index is 0.145. The van der Waals surface area contributed by atoms with E-state index in [4.69, 9.17) is 9.84 Å². The van der Waals surface area contributed by atoms with Gasteiger partial charge in [0.15, 0.2) is 0 Å². The molecule has 0 spiro atoms. The molecule has 0 fully saturated rings. The summed E-state index contributed by atoms with van der Waals surface area (Å²) in [6, 6.07) is 6.05. The lowest BCUT2D eigenvalue weighted by atomic mass is 10.1. The summed E-state index contributed by atoms with van der Waals surface area (Å²) in [7, 11) is 1.67. The van der Waals surface area contributed by atoms with E-state index in [1.807, 2.05) is 18.2 Å². The number of ether oxygens (including phenoxy) is 1. The second-order valence-corrected chi connectivity index (χ2v) is 3.21. The molecule has 1 aliphatic heterocycles. The normalized spacial score (nSPS) is 19.4. The Balaban J connectivity index is 2.33. The van der Waals surface area contributed by atoms with Crippen LogP contribution in [-0.2, 0) is 6.42 Å². The van der Waals surface area contributed by atoms with Gasteiger partial charge < -0.3 is 15.2 Å². The third-order valence-corrected chi connectivity index (χ3v) is 2.38. The summed E-state index contributed by atoms with van der Waals surface area (Å²) in [6.07, 6.45) is 0.843. The van der Waals surface area contributed by atoms with Crippen molar-refractivity contribution in [1.82, 2.24) is 0 Å². The first-order valence-corrected chi connectivity index (χ1v) is 4.38. The van der Waals surface area contributed by atoms with E-state index in [-0.39, 0.29) is 12.6 Å². The van der Waals surface area contributed by atoms with Crippen LogP contribution < -0.4 is 10.1 Å². The molecule has 2 rings (SSSR count). The van der Waals surface area contributed by atoms with E-state index in [1.54, 1.807) is 7.11 Å². The molecule has 0 amide bonds. The second kappa shape index (κ2) is 3.26. The lowest BCUT2D eigenvalue weighted by molar-refractivity contribution is 0.276. The molecular weight excluding hydrogens is 166 g/mol. The molecule has 0 saturated carbocycles. The number of hydrogen-bond donors (Lipinski definition) is 2. The number of benzene rings is 1. The molecule has 13 heavy (non-hydrogen) atoms. The Morgan fingerprint density at radius 1 is 1.62 bits per heavy atom. The third kappa shape index (κ3) is 1.35. The van der Waals surface area contributed by atoms with Crippen LogP contribution in [-0.4, -0.2) is 24.9 Å². The topological polar surface area (TPSA) is 41.5 Å². The first kappa shape index (κ1) is 8.38. The Labute approximate surface area is 77.3 Å². The number of aliphatic hydroxyl groups is 1. The molecule has 1 atom stereocenters. The Morgan fingerprint density at radius 2 is 2.46 bits per heavy atom. The van der Waals surface area contributed by atoms with E-state index in [0.29, 0.717) is 0 Å². The van der Waals surface area contributed by atoms with Crippen molar-refractivity contribution < 1.29 is 9.84 Å². The fraction of sp³-hybridized carbons (Fsp3) is 0.400. The van der Waals surface area contributed by atoms with Crippen molar-refractivity contribution in [3.63, 3.8) is 0 Å². The van der Waals surface area contributed by atoms with Gasteiger partial charge in [0.25, 0.3) is 0 Å². The van der Waals surface area contributed by atoms with Gasteiger partial charge in [0.1, 0.15) is 5.75 Å². The molecule has 3 heteroatoms. The molecule has 0 saturated heterocycles. The number of methoxy groups -OCH3 is 1. The predicted octanol–water partition coefficient (Wildman–Crippen LogP) is 1.02. The van der Waals surface area contributed by atoms with Crippen LogP contribution in [0.2, 0.25) is 0 Å².